The number of carbonyl (C=O) groups excluding carboxylic acids is 1. The minimum absolute atomic E-state index is 0.0825. The summed E-state index contributed by atoms with van der Waals surface area (Å²) in [7, 11) is 1.75. The molecule has 1 aliphatic heterocycles. The van der Waals surface area contributed by atoms with Crippen molar-refractivity contribution in [1.29, 1.82) is 0 Å². The van der Waals surface area contributed by atoms with E-state index in [1.54, 1.807) is 7.11 Å². The molecule has 5 fully saturated rings. The molecule has 232 valence electrons. The summed E-state index contributed by atoms with van der Waals surface area (Å²) >= 11 is 0. The van der Waals surface area contributed by atoms with Crippen LogP contribution in [0, 0.1) is 23.2 Å². The van der Waals surface area contributed by atoms with Crippen molar-refractivity contribution >= 4 is 11.6 Å². The number of amides is 1. The van der Waals surface area contributed by atoms with Crippen molar-refractivity contribution in [3.8, 4) is 22.6 Å². The van der Waals surface area contributed by atoms with Crippen LogP contribution in [0.3, 0.4) is 0 Å². The molecule has 6 heteroatoms. The van der Waals surface area contributed by atoms with Gasteiger partial charge in [0, 0.05) is 56.1 Å². The van der Waals surface area contributed by atoms with Gasteiger partial charge in [0.2, 0.25) is 0 Å². The van der Waals surface area contributed by atoms with Gasteiger partial charge in [0.05, 0.1) is 13.7 Å². The number of methoxy groups -OCH3 is 1. The van der Waals surface area contributed by atoms with Crippen molar-refractivity contribution in [2.24, 2.45) is 23.2 Å². The highest BCUT2D eigenvalue weighted by molar-refractivity contribution is 5.94. The highest BCUT2D eigenvalue weighted by Gasteiger charge is 2.50. The van der Waals surface area contributed by atoms with E-state index in [-0.39, 0.29) is 5.91 Å². The van der Waals surface area contributed by atoms with E-state index in [1.807, 2.05) is 31.2 Å². The number of anilines is 1. The maximum atomic E-state index is 13.1. The van der Waals surface area contributed by atoms with E-state index in [1.165, 1.54) is 49.8 Å². The second-order valence-electron chi connectivity index (χ2n) is 13.9. The number of nitrogens with one attached hydrogen (secondary N) is 1. The largest absolute Gasteiger partial charge is 0.496 e. The molecule has 4 bridgehead atoms. The second kappa shape index (κ2) is 12.5. The lowest BCUT2D eigenvalue weighted by molar-refractivity contribution is -0.0503. The summed E-state index contributed by atoms with van der Waals surface area (Å²) in [5, 5.41) is 3.34. The Balaban J connectivity index is 0.914. The Bertz CT molecular complexity index is 1430. The summed E-state index contributed by atoms with van der Waals surface area (Å²) < 4.78 is 11.5. The maximum Gasteiger partial charge on any atom is 0.251 e. The summed E-state index contributed by atoms with van der Waals surface area (Å²) in [5.74, 6) is 4.62. The van der Waals surface area contributed by atoms with Gasteiger partial charge in [-0.1, -0.05) is 24.3 Å². The molecule has 1 amide bonds. The Kier molecular flexibility index (Phi) is 8.28. The lowest BCUT2D eigenvalue weighted by atomic mass is 9.49. The Morgan fingerprint density at radius 3 is 2.20 bits per heavy atom. The highest BCUT2D eigenvalue weighted by atomic mass is 16.5. The average Bonchev–Trinajstić information content (AvgIpc) is 3.04. The number of hydrogen-bond acceptors (Lipinski definition) is 5. The van der Waals surface area contributed by atoms with Crippen LogP contribution in [0.1, 0.15) is 61.4 Å². The Morgan fingerprint density at radius 2 is 1.55 bits per heavy atom. The molecule has 0 aromatic heterocycles. The fraction of sp³-hybridized carbons (Fsp3) is 0.500. The topological polar surface area (TPSA) is 54.0 Å². The van der Waals surface area contributed by atoms with E-state index in [0.717, 1.165) is 85.2 Å². The molecule has 44 heavy (non-hydrogen) atoms. The van der Waals surface area contributed by atoms with Crippen LogP contribution in [0.5, 0.6) is 11.5 Å². The summed E-state index contributed by atoms with van der Waals surface area (Å²) in [6.45, 7) is 8.26. The number of rotatable bonds is 10. The molecule has 3 aromatic carbocycles. The van der Waals surface area contributed by atoms with Crippen LogP contribution in [0.25, 0.3) is 11.1 Å². The van der Waals surface area contributed by atoms with Gasteiger partial charge in [-0.15, -0.1) is 0 Å². The molecule has 1 heterocycles. The van der Waals surface area contributed by atoms with Gasteiger partial charge in [-0.2, -0.15) is 0 Å². The van der Waals surface area contributed by atoms with Gasteiger partial charge in [0.1, 0.15) is 11.5 Å². The summed E-state index contributed by atoms with van der Waals surface area (Å²) in [5.41, 5.74) is 5.79. The highest BCUT2D eigenvalue weighted by Crippen LogP contribution is 2.59. The van der Waals surface area contributed by atoms with Crippen molar-refractivity contribution in [3.05, 3.63) is 77.9 Å². The molecule has 4 saturated carbocycles. The van der Waals surface area contributed by atoms with E-state index < -0.39 is 0 Å². The molecule has 6 nitrogen and oxygen atoms in total. The lowest BCUT2D eigenvalue weighted by Crippen LogP contribution is -2.51. The van der Waals surface area contributed by atoms with Gasteiger partial charge in [0.15, 0.2) is 0 Å². The monoisotopic (exact) mass is 593 g/mol. The first-order valence-electron chi connectivity index (χ1n) is 16.7. The molecule has 0 radical (unpaired) electrons. The average molecular weight is 594 g/mol. The number of hydrogen-bond donors (Lipinski definition) is 1. The minimum atomic E-state index is 0.0825. The van der Waals surface area contributed by atoms with E-state index in [4.69, 9.17) is 9.47 Å². The standard InChI is InChI=1S/C38H47N3O3/c1-3-44-35-6-4-5-31(20-35)32-7-8-33(36(21-32)43-2)25-40-13-15-41(16-14-40)34-11-9-30(10-12-34)37(42)39-26-38-22-27-17-28(23-38)19-29(18-27)24-38/h4-12,20-21,27-29H,3,13-19,22-26H2,1-2H3,(H,39,42). The molecule has 4 aliphatic carbocycles. The molecule has 5 aliphatic rings. The zero-order chi connectivity index (χ0) is 30.1. The van der Waals surface area contributed by atoms with Crippen LogP contribution in [0.2, 0.25) is 0 Å². The molecular formula is C38H47N3O3. The van der Waals surface area contributed by atoms with Gasteiger partial charge >= 0.3 is 0 Å². The van der Waals surface area contributed by atoms with Crippen molar-refractivity contribution in [3.63, 3.8) is 0 Å². The van der Waals surface area contributed by atoms with E-state index in [0.29, 0.717) is 12.0 Å². The first kappa shape index (κ1) is 29.2. The van der Waals surface area contributed by atoms with Crippen LogP contribution >= 0.6 is 0 Å². The van der Waals surface area contributed by atoms with E-state index >= 15 is 0 Å². The van der Waals surface area contributed by atoms with Gasteiger partial charge in [0.25, 0.3) is 5.91 Å². The summed E-state index contributed by atoms with van der Waals surface area (Å²) in [6, 6.07) is 23.0. The fourth-order valence-corrected chi connectivity index (χ4v) is 9.09. The van der Waals surface area contributed by atoms with Crippen molar-refractivity contribution in [1.82, 2.24) is 10.2 Å². The number of carbonyl (C=O) groups is 1. The SMILES string of the molecule is CCOc1cccc(-c2ccc(CN3CCN(c4ccc(C(=O)NCC56CC7CC(CC(C7)C5)C6)cc4)CC3)c(OC)c2)c1. The maximum absolute atomic E-state index is 13.1. The zero-order valence-electron chi connectivity index (χ0n) is 26.4. The Labute approximate surface area is 262 Å². The van der Waals surface area contributed by atoms with Crippen molar-refractivity contribution in [2.45, 2.75) is 52.0 Å². The van der Waals surface area contributed by atoms with Crippen molar-refractivity contribution < 1.29 is 14.3 Å². The number of ether oxygens (including phenoxy) is 2. The van der Waals surface area contributed by atoms with Crippen LogP contribution in [0.4, 0.5) is 5.69 Å². The van der Waals surface area contributed by atoms with Gasteiger partial charge in [-0.05, 0) is 122 Å². The van der Waals surface area contributed by atoms with Crippen LogP contribution in [-0.2, 0) is 6.54 Å². The molecule has 3 aromatic rings. The van der Waals surface area contributed by atoms with Gasteiger partial charge in [-0.3, -0.25) is 9.69 Å². The minimum Gasteiger partial charge on any atom is -0.496 e. The number of nitrogens with zero attached hydrogens (tertiary/aromatic N) is 2. The lowest BCUT2D eigenvalue weighted by Gasteiger charge is -2.56. The van der Waals surface area contributed by atoms with E-state index in [2.05, 4.69) is 57.6 Å². The molecule has 0 unspecified atom stereocenters. The summed E-state index contributed by atoms with van der Waals surface area (Å²) in [4.78, 5) is 18.0. The molecule has 1 saturated heterocycles. The van der Waals surface area contributed by atoms with Crippen LogP contribution in [0.15, 0.2) is 66.7 Å². The summed E-state index contributed by atoms with van der Waals surface area (Å²) in [6.07, 6.45) is 8.29. The Hall–Kier alpha value is -3.51. The molecule has 0 spiro atoms. The third-order valence-corrected chi connectivity index (χ3v) is 10.8. The quantitative estimate of drug-likeness (QED) is 0.274. The third-order valence-electron chi connectivity index (χ3n) is 10.8. The predicted molar refractivity (Wildman–Crippen MR) is 176 cm³/mol. The first-order chi connectivity index (χ1) is 21.5. The van der Waals surface area contributed by atoms with E-state index in [9.17, 15) is 4.79 Å². The second-order valence-corrected chi connectivity index (χ2v) is 13.9. The number of piperazine rings is 1. The Morgan fingerprint density at radius 1 is 0.864 bits per heavy atom. The predicted octanol–water partition coefficient (Wildman–Crippen LogP) is 7.03. The van der Waals surface area contributed by atoms with Gasteiger partial charge < -0.3 is 19.7 Å². The van der Waals surface area contributed by atoms with Crippen LogP contribution in [-0.4, -0.2) is 57.2 Å². The number of benzene rings is 3. The molecule has 8 rings (SSSR count). The third kappa shape index (κ3) is 6.19. The van der Waals surface area contributed by atoms with Gasteiger partial charge in [-0.25, -0.2) is 0 Å². The normalized spacial score (nSPS) is 26.0. The first-order valence-corrected chi connectivity index (χ1v) is 16.7. The molecule has 0 atom stereocenters. The van der Waals surface area contributed by atoms with Crippen LogP contribution < -0.4 is 19.7 Å². The van der Waals surface area contributed by atoms with Crippen molar-refractivity contribution in [2.75, 3.05) is 51.3 Å². The molecule has 1 N–H and O–H groups in total. The fourth-order valence-electron chi connectivity index (χ4n) is 9.09. The zero-order valence-corrected chi connectivity index (χ0v) is 26.4. The molecular weight excluding hydrogens is 546 g/mol. The smallest absolute Gasteiger partial charge is 0.251 e.